The first kappa shape index (κ1) is 14.2. The van der Waals surface area contributed by atoms with Crippen LogP contribution in [-0.2, 0) is 0 Å². The van der Waals surface area contributed by atoms with E-state index in [1.54, 1.807) is 24.3 Å². The summed E-state index contributed by atoms with van der Waals surface area (Å²) in [5.41, 5.74) is 5.94. The quantitative estimate of drug-likeness (QED) is 0.858. The second kappa shape index (κ2) is 6.67. The Morgan fingerprint density at radius 3 is 2.80 bits per heavy atom. The van der Waals surface area contributed by atoms with E-state index >= 15 is 0 Å². The van der Waals surface area contributed by atoms with Crippen molar-refractivity contribution < 1.29 is 4.79 Å². The fourth-order valence-corrected chi connectivity index (χ4v) is 1.19. The predicted molar refractivity (Wildman–Crippen MR) is 64.7 cm³/mol. The van der Waals surface area contributed by atoms with E-state index in [1.165, 1.54) is 0 Å². The lowest BCUT2D eigenvalue weighted by atomic mass is 10.2. The van der Waals surface area contributed by atoms with Gasteiger partial charge in [0.1, 0.15) is 0 Å². The van der Waals surface area contributed by atoms with Gasteiger partial charge in [-0.15, -0.1) is 12.4 Å². The van der Waals surface area contributed by atoms with Crippen LogP contribution in [0.25, 0.3) is 0 Å². The molecule has 0 aromatic heterocycles. The Bertz CT molecular complexity index is 331. The first-order chi connectivity index (χ1) is 6.63. The molecular weight excluding hydrogens is 235 g/mol. The molecular formula is C10H14Cl2N2O. The summed E-state index contributed by atoms with van der Waals surface area (Å²) in [7, 11) is 0. The molecule has 0 saturated carbocycles. The lowest BCUT2D eigenvalue weighted by molar-refractivity contribution is 0.0941. The standard InChI is InChI=1S/C10H13ClN2O.ClH/c1-7(6-12)13-10(14)8-3-2-4-9(11)5-8;/h2-5,7H,6,12H2,1H3,(H,13,14);1H/t7-;/m0./s1. The average Bonchev–Trinajstić information content (AvgIpc) is 2.17. The topological polar surface area (TPSA) is 55.1 Å². The van der Waals surface area contributed by atoms with Gasteiger partial charge in [0.05, 0.1) is 0 Å². The molecule has 0 saturated heterocycles. The van der Waals surface area contributed by atoms with Crippen LogP contribution in [-0.4, -0.2) is 18.5 Å². The summed E-state index contributed by atoms with van der Waals surface area (Å²) in [5, 5.41) is 3.30. The number of carbonyl (C=O) groups excluding carboxylic acids is 1. The summed E-state index contributed by atoms with van der Waals surface area (Å²) in [6.07, 6.45) is 0. The van der Waals surface area contributed by atoms with E-state index in [4.69, 9.17) is 17.3 Å². The van der Waals surface area contributed by atoms with Gasteiger partial charge in [0.15, 0.2) is 0 Å². The molecule has 3 nitrogen and oxygen atoms in total. The van der Waals surface area contributed by atoms with E-state index in [-0.39, 0.29) is 24.4 Å². The lowest BCUT2D eigenvalue weighted by Crippen LogP contribution is -2.37. The molecule has 0 aliphatic heterocycles. The van der Waals surface area contributed by atoms with Crippen molar-refractivity contribution in [2.75, 3.05) is 6.54 Å². The average molecular weight is 249 g/mol. The number of halogens is 2. The van der Waals surface area contributed by atoms with Gasteiger partial charge in [-0.05, 0) is 25.1 Å². The van der Waals surface area contributed by atoms with Crippen LogP contribution in [0.1, 0.15) is 17.3 Å². The van der Waals surface area contributed by atoms with Crippen molar-refractivity contribution in [2.24, 2.45) is 5.73 Å². The van der Waals surface area contributed by atoms with Gasteiger partial charge in [-0.1, -0.05) is 17.7 Å². The van der Waals surface area contributed by atoms with Gasteiger partial charge in [0.25, 0.3) is 5.91 Å². The number of amides is 1. The smallest absolute Gasteiger partial charge is 0.251 e. The lowest BCUT2D eigenvalue weighted by Gasteiger charge is -2.11. The Morgan fingerprint density at radius 1 is 1.60 bits per heavy atom. The molecule has 0 aliphatic rings. The SMILES string of the molecule is C[C@@H](CN)NC(=O)c1cccc(Cl)c1.Cl. The van der Waals surface area contributed by atoms with E-state index in [0.717, 1.165) is 0 Å². The second-order valence-corrected chi connectivity index (χ2v) is 3.56. The van der Waals surface area contributed by atoms with Crippen LogP contribution in [0.2, 0.25) is 5.02 Å². The van der Waals surface area contributed by atoms with Crippen molar-refractivity contribution in [1.29, 1.82) is 0 Å². The summed E-state index contributed by atoms with van der Waals surface area (Å²) < 4.78 is 0. The third kappa shape index (κ3) is 4.51. The minimum atomic E-state index is -0.148. The molecule has 1 amide bonds. The highest BCUT2D eigenvalue weighted by atomic mass is 35.5. The molecule has 0 spiro atoms. The first-order valence-electron chi connectivity index (χ1n) is 4.40. The molecule has 0 aliphatic carbocycles. The Balaban J connectivity index is 0.00000196. The number of nitrogens with one attached hydrogen (secondary N) is 1. The van der Waals surface area contributed by atoms with E-state index in [0.29, 0.717) is 17.1 Å². The maximum atomic E-state index is 11.5. The fourth-order valence-electron chi connectivity index (χ4n) is 0.996. The first-order valence-corrected chi connectivity index (χ1v) is 4.77. The zero-order valence-electron chi connectivity index (χ0n) is 8.37. The zero-order valence-corrected chi connectivity index (χ0v) is 9.94. The summed E-state index contributed by atoms with van der Waals surface area (Å²) in [6, 6.07) is 6.78. The van der Waals surface area contributed by atoms with Crippen molar-refractivity contribution in [2.45, 2.75) is 13.0 Å². The van der Waals surface area contributed by atoms with Gasteiger partial charge >= 0.3 is 0 Å². The number of nitrogens with two attached hydrogens (primary N) is 1. The van der Waals surface area contributed by atoms with Crippen molar-refractivity contribution in [3.8, 4) is 0 Å². The normalized spacial score (nSPS) is 11.4. The Kier molecular flexibility index (Phi) is 6.32. The molecule has 1 aromatic carbocycles. The molecule has 15 heavy (non-hydrogen) atoms. The molecule has 1 aromatic rings. The minimum Gasteiger partial charge on any atom is -0.348 e. The van der Waals surface area contributed by atoms with Gasteiger partial charge < -0.3 is 11.1 Å². The maximum absolute atomic E-state index is 11.5. The van der Waals surface area contributed by atoms with Gasteiger partial charge in [-0.2, -0.15) is 0 Å². The van der Waals surface area contributed by atoms with Crippen LogP contribution in [0.15, 0.2) is 24.3 Å². The highest BCUT2D eigenvalue weighted by Gasteiger charge is 2.08. The van der Waals surface area contributed by atoms with Crippen molar-refractivity contribution in [3.05, 3.63) is 34.9 Å². The summed E-state index contributed by atoms with van der Waals surface area (Å²) in [4.78, 5) is 11.5. The fraction of sp³-hybridized carbons (Fsp3) is 0.300. The zero-order chi connectivity index (χ0) is 10.6. The summed E-state index contributed by atoms with van der Waals surface area (Å²) >= 11 is 5.75. The Labute approximate surface area is 100 Å². The van der Waals surface area contributed by atoms with Crippen LogP contribution in [0.5, 0.6) is 0 Å². The maximum Gasteiger partial charge on any atom is 0.251 e. The molecule has 1 rings (SSSR count). The van der Waals surface area contributed by atoms with Crippen LogP contribution >= 0.6 is 24.0 Å². The van der Waals surface area contributed by atoms with E-state index in [2.05, 4.69) is 5.32 Å². The number of benzene rings is 1. The van der Waals surface area contributed by atoms with Crippen molar-refractivity contribution in [3.63, 3.8) is 0 Å². The third-order valence-corrected chi connectivity index (χ3v) is 2.05. The van der Waals surface area contributed by atoms with Crippen LogP contribution in [0.4, 0.5) is 0 Å². The third-order valence-electron chi connectivity index (χ3n) is 1.82. The molecule has 0 unspecified atom stereocenters. The van der Waals surface area contributed by atoms with Gasteiger partial charge in [-0.3, -0.25) is 4.79 Å². The van der Waals surface area contributed by atoms with Gasteiger partial charge in [0, 0.05) is 23.2 Å². The molecule has 0 radical (unpaired) electrons. The van der Waals surface area contributed by atoms with E-state index < -0.39 is 0 Å². The molecule has 1 atom stereocenters. The molecule has 84 valence electrons. The summed E-state index contributed by atoms with van der Waals surface area (Å²) in [5.74, 6) is -0.148. The molecule has 0 fully saturated rings. The van der Waals surface area contributed by atoms with Crippen LogP contribution < -0.4 is 11.1 Å². The molecule has 5 heteroatoms. The van der Waals surface area contributed by atoms with Gasteiger partial charge in [0.2, 0.25) is 0 Å². The number of rotatable bonds is 3. The predicted octanol–water partition coefficient (Wildman–Crippen LogP) is 1.84. The Hall–Kier alpha value is -0.770. The van der Waals surface area contributed by atoms with E-state index in [9.17, 15) is 4.79 Å². The van der Waals surface area contributed by atoms with E-state index in [1.807, 2.05) is 6.92 Å². The Morgan fingerprint density at radius 2 is 2.27 bits per heavy atom. The van der Waals surface area contributed by atoms with Gasteiger partial charge in [-0.25, -0.2) is 0 Å². The number of hydrogen-bond donors (Lipinski definition) is 2. The second-order valence-electron chi connectivity index (χ2n) is 3.12. The van der Waals surface area contributed by atoms with Crippen molar-refractivity contribution >= 4 is 29.9 Å². The summed E-state index contributed by atoms with van der Waals surface area (Å²) in [6.45, 7) is 2.27. The molecule has 3 N–H and O–H groups in total. The minimum absolute atomic E-state index is 0. The highest BCUT2D eigenvalue weighted by Crippen LogP contribution is 2.10. The molecule has 0 heterocycles. The van der Waals surface area contributed by atoms with Crippen molar-refractivity contribution in [1.82, 2.24) is 5.32 Å². The molecule has 0 bridgehead atoms. The largest absolute Gasteiger partial charge is 0.348 e. The number of hydrogen-bond acceptors (Lipinski definition) is 2. The van der Waals surface area contributed by atoms with Crippen LogP contribution in [0, 0.1) is 0 Å². The monoisotopic (exact) mass is 248 g/mol. The number of carbonyl (C=O) groups is 1. The highest BCUT2D eigenvalue weighted by molar-refractivity contribution is 6.30. The van der Waals surface area contributed by atoms with Crippen LogP contribution in [0.3, 0.4) is 0 Å².